The predicted molar refractivity (Wildman–Crippen MR) is 148 cm³/mol. The monoisotopic (exact) mass is 580 g/mol. The Labute approximate surface area is 236 Å². The molecule has 40 heavy (non-hydrogen) atoms. The second kappa shape index (κ2) is 13.2. The molecule has 4 aromatic rings. The lowest BCUT2D eigenvalue weighted by Gasteiger charge is -2.24. The van der Waals surface area contributed by atoms with Gasteiger partial charge in [-0.1, -0.05) is 58.1 Å². The highest BCUT2D eigenvalue weighted by molar-refractivity contribution is 7.98. The number of oxime groups is 2. The number of thioether (sulfide) groups is 2. The van der Waals surface area contributed by atoms with Crippen LogP contribution in [-0.4, -0.2) is 60.1 Å². The normalized spacial score (nSPS) is 13.6. The zero-order chi connectivity index (χ0) is 28.6. The Hall–Kier alpha value is -4.23. The molecule has 0 fully saturated rings. The first kappa shape index (κ1) is 28.8. The largest absolute Gasteiger partial charge is 0.411 e. The molecule has 9 nitrogen and oxygen atoms in total. The predicted octanol–water partition coefficient (Wildman–Crippen LogP) is 5.18. The van der Waals surface area contributed by atoms with Crippen LogP contribution >= 0.6 is 23.5 Å². The second-order valence-electron chi connectivity index (χ2n) is 8.20. The van der Waals surface area contributed by atoms with Crippen molar-refractivity contribution in [3.8, 4) is 0 Å². The molecule has 4 rings (SSSR count). The molecule has 0 spiro atoms. The van der Waals surface area contributed by atoms with Crippen molar-refractivity contribution in [2.45, 2.75) is 22.1 Å². The molecular formula is C27H22F2N6O3S2. The van der Waals surface area contributed by atoms with Crippen LogP contribution in [-0.2, 0) is 4.79 Å². The van der Waals surface area contributed by atoms with Crippen LogP contribution < -0.4 is 0 Å². The van der Waals surface area contributed by atoms with Crippen molar-refractivity contribution in [3.63, 3.8) is 0 Å². The molecule has 0 bridgehead atoms. The summed E-state index contributed by atoms with van der Waals surface area (Å²) in [7, 11) is 0. The van der Waals surface area contributed by atoms with E-state index in [0.29, 0.717) is 10.3 Å². The molecule has 0 amide bonds. The minimum absolute atomic E-state index is 0.147. The van der Waals surface area contributed by atoms with Crippen LogP contribution in [0.4, 0.5) is 8.78 Å². The van der Waals surface area contributed by atoms with Crippen LogP contribution in [0.25, 0.3) is 0 Å². The maximum absolute atomic E-state index is 14.6. The van der Waals surface area contributed by atoms with Crippen LogP contribution in [0.2, 0.25) is 0 Å². The first-order chi connectivity index (χ1) is 19.4. The van der Waals surface area contributed by atoms with Gasteiger partial charge in [-0.15, -0.1) is 0 Å². The van der Waals surface area contributed by atoms with Crippen LogP contribution in [0.15, 0.2) is 93.7 Å². The number of benzene rings is 2. The first-order valence-corrected chi connectivity index (χ1v) is 14.1. The lowest BCUT2D eigenvalue weighted by molar-refractivity contribution is -0.119. The molecule has 0 saturated carbocycles. The van der Waals surface area contributed by atoms with E-state index in [4.69, 9.17) is 0 Å². The van der Waals surface area contributed by atoms with Gasteiger partial charge in [0.05, 0.1) is 23.2 Å². The smallest absolute Gasteiger partial charge is 0.187 e. The standard InChI is InChI=1S/C27H22F2N6O3S2/c1-39-26-30-13-11-19(32-26)23(34-37)21(15-3-7-17(28)8-4-15)25(36)22(16-5-9-18(29)10-6-16)24(35-38)20-12-14-31-27(33-20)40-2/h3-14,21-22,37-38H,1-2H3. The van der Waals surface area contributed by atoms with Crippen molar-refractivity contribution in [1.82, 2.24) is 19.9 Å². The average Bonchev–Trinajstić information content (AvgIpc) is 2.99. The van der Waals surface area contributed by atoms with Gasteiger partial charge >= 0.3 is 0 Å². The maximum atomic E-state index is 14.6. The summed E-state index contributed by atoms with van der Waals surface area (Å²) in [4.78, 5) is 31.6. The summed E-state index contributed by atoms with van der Waals surface area (Å²) in [6.07, 6.45) is 6.43. The number of rotatable bonds is 10. The number of carbonyl (C=O) groups is 1. The van der Waals surface area contributed by atoms with E-state index in [1.54, 1.807) is 12.5 Å². The summed E-state index contributed by atoms with van der Waals surface area (Å²) < 4.78 is 27.8. The van der Waals surface area contributed by atoms with Crippen LogP contribution in [0, 0.1) is 11.6 Å². The van der Waals surface area contributed by atoms with E-state index < -0.39 is 29.3 Å². The molecule has 0 radical (unpaired) electrons. The topological polar surface area (TPSA) is 134 Å². The molecule has 2 heterocycles. The summed E-state index contributed by atoms with van der Waals surface area (Å²) in [5, 5.41) is 28.0. The van der Waals surface area contributed by atoms with Crippen molar-refractivity contribution in [2.75, 3.05) is 12.5 Å². The fourth-order valence-corrected chi connectivity index (χ4v) is 4.78. The first-order valence-electron chi connectivity index (χ1n) is 11.6. The lowest BCUT2D eigenvalue weighted by Crippen LogP contribution is -2.33. The van der Waals surface area contributed by atoms with Gasteiger partial charge in [0, 0.05) is 12.4 Å². The van der Waals surface area contributed by atoms with Crippen LogP contribution in [0.1, 0.15) is 34.4 Å². The molecule has 0 saturated heterocycles. The molecule has 2 aromatic carbocycles. The fourth-order valence-electron chi connectivity index (χ4n) is 4.07. The third-order valence-corrected chi connectivity index (χ3v) is 7.02. The Morgan fingerprint density at radius 2 is 1.07 bits per heavy atom. The number of hydrogen-bond acceptors (Lipinski definition) is 11. The number of nitrogens with zero attached hydrogens (tertiary/aromatic N) is 6. The molecule has 204 valence electrons. The summed E-state index contributed by atoms with van der Waals surface area (Å²) in [5.41, 5.74) is 0.561. The van der Waals surface area contributed by atoms with Crippen molar-refractivity contribution < 1.29 is 24.0 Å². The molecule has 2 N–H and O–H groups in total. The van der Waals surface area contributed by atoms with Crippen LogP contribution in [0.3, 0.4) is 0 Å². The van der Waals surface area contributed by atoms with Crippen molar-refractivity contribution >= 4 is 40.7 Å². The highest BCUT2D eigenvalue weighted by Gasteiger charge is 2.39. The third-order valence-electron chi connectivity index (χ3n) is 5.90. The van der Waals surface area contributed by atoms with Crippen molar-refractivity contribution in [3.05, 3.63) is 107 Å². The zero-order valence-corrected chi connectivity index (χ0v) is 22.8. The van der Waals surface area contributed by atoms with Gasteiger partial charge in [0.2, 0.25) is 0 Å². The molecule has 0 aliphatic rings. The highest BCUT2D eigenvalue weighted by Crippen LogP contribution is 2.33. The van der Waals surface area contributed by atoms with Gasteiger partial charge < -0.3 is 10.4 Å². The van der Waals surface area contributed by atoms with Gasteiger partial charge in [-0.25, -0.2) is 28.7 Å². The molecular weight excluding hydrogens is 558 g/mol. The number of halogens is 2. The molecule has 2 atom stereocenters. The van der Waals surface area contributed by atoms with E-state index in [2.05, 4.69) is 30.2 Å². The summed E-state index contributed by atoms with van der Waals surface area (Å²) in [5.74, 6) is -4.37. The van der Waals surface area contributed by atoms with E-state index in [-0.39, 0.29) is 33.9 Å². The highest BCUT2D eigenvalue weighted by atomic mass is 32.2. The number of Topliss-reactive ketones (excluding diaryl/α,β-unsaturated/α-hetero) is 1. The number of aromatic nitrogens is 4. The Morgan fingerprint density at radius 3 is 1.40 bits per heavy atom. The quantitative estimate of drug-likeness (QED) is 0.0855. The lowest BCUT2D eigenvalue weighted by atomic mass is 9.77. The van der Waals surface area contributed by atoms with Crippen molar-refractivity contribution in [2.24, 2.45) is 10.3 Å². The van der Waals surface area contributed by atoms with Gasteiger partial charge in [-0.3, -0.25) is 4.79 Å². The fraction of sp³-hybridized carbons (Fsp3) is 0.148. The zero-order valence-electron chi connectivity index (χ0n) is 21.1. The van der Waals surface area contributed by atoms with E-state index in [1.165, 1.54) is 96.6 Å². The maximum Gasteiger partial charge on any atom is 0.187 e. The molecule has 2 unspecified atom stereocenters. The Balaban J connectivity index is 1.94. The molecule has 2 aromatic heterocycles. The Bertz CT molecular complexity index is 1440. The van der Waals surface area contributed by atoms with Crippen molar-refractivity contribution in [1.29, 1.82) is 0 Å². The number of hydrogen-bond donors (Lipinski definition) is 2. The number of carbonyl (C=O) groups excluding carboxylic acids is 1. The van der Waals surface area contributed by atoms with Gasteiger partial charge in [-0.2, -0.15) is 0 Å². The summed E-state index contributed by atoms with van der Waals surface area (Å²) in [6.45, 7) is 0. The molecule has 0 aliphatic carbocycles. The SMILES string of the molecule is CSc1nccc(C(=NO)C(C(=O)C(C(=NO)c2ccnc(SC)n2)c2ccc(F)cc2)c2ccc(F)cc2)n1. The summed E-state index contributed by atoms with van der Waals surface area (Å²) in [6, 6.07) is 13.1. The third kappa shape index (κ3) is 6.32. The van der Waals surface area contributed by atoms with Gasteiger partial charge in [-0.05, 0) is 60.0 Å². The molecule has 0 aliphatic heterocycles. The second-order valence-corrected chi connectivity index (χ2v) is 9.75. The van der Waals surface area contributed by atoms with E-state index >= 15 is 0 Å². The minimum Gasteiger partial charge on any atom is -0.411 e. The Kier molecular flexibility index (Phi) is 9.51. The van der Waals surface area contributed by atoms with Crippen LogP contribution in [0.5, 0.6) is 0 Å². The molecule has 13 heteroatoms. The Morgan fingerprint density at radius 1 is 0.700 bits per heavy atom. The number of ketones is 1. The average molecular weight is 581 g/mol. The van der Waals surface area contributed by atoms with E-state index in [0.717, 1.165) is 0 Å². The van der Waals surface area contributed by atoms with E-state index in [9.17, 15) is 24.0 Å². The summed E-state index contributed by atoms with van der Waals surface area (Å²) >= 11 is 2.49. The van der Waals surface area contributed by atoms with Gasteiger partial charge in [0.25, 0.3) is 0 Å². The van der Waals surface area contributed by atoms with Gasteiger partial charge in [0.15, 0.2) is 16.1 Å². The minimum atomic E-state index is -1.33. The van der Waals surface area contributed by atoms with E-state index in [1.807, 2.05) is 0 Å². The van der Waals surface area contributed by atoms with Gasteiger partial charge in [0.1, 0.15) is 23.1 Å².